The van der Waals surface area contributed by atoms with Gasteiger partial charge in [-0.3, -0.25) is 0 Å². The van der Waals surface area contributed by atoms with Crippen LogP contribution in [0.15, 0.2) is 23.6 Å². The van der Waals surface area contributed by atoms with Crippen LogP contribution in [-0.4, -0.2) is 11.4 Å². The Morgan fingerprint density at radius 2 is 2.50 bits per heavy atom. The molecule has 4 nitrogen and oxygen atoms in total. The molecule has 1 atom stereocenters. The first-order valence-electron chi connectivity index (χ1n) is 2.65. The summed E-state index contributed by atoms with van der Waals surface area (Å²) in [6.07, 6.45) is 1.47. The van der Waals surface area contributed by atoms with Crippen LogP contribution in [0.1, 0.15) is 0 Å². The van der Waals surface area contributed by atoms with Crippen LogP contribution in [0, 0.1) is 11.3 Å². The third-order valence-corrected chi connectivity index (χ3v) is 1.14. The van der Waals surface area contributed by atoms with Crippen molar-refractivity contribution in [1.29, 1.82) is 5.26 Å². The Kier molecular flexibility index (Phi) is 1.61. The van der Waals surface area contributed by atoms with Gasteiger partial charge in [0.05, 0.1) is 17.5 Å². The first-order valence-corrected chi connectivity index (χ1v) is 2.65. The number of nitrogens with two attached hydrogens (primary N) is 1. The summed E-state index contributed by atoms with van der Waals surface area (Å²) in [6.45, 7) is 0. The van der Waals surface area contributed by atoms with E-state index in [1.165, 1.54) is 12.3 Å². The maximum absolute atomic E-state index is 8.87. The zero-order chi connectivity index (χ0) is 7.56. The van der Waals surface area contributed by atoms with Gasteiger partial charge in [0.25, 0.3) is 0 Å². The average molecular weight is 138 g/mol. The molecule has 3 N–H and O–H groups in total. The van der Waals surface area contributed by atoms with Crippen LogP contribution in [0.5, 0.6) is 0 Å². The first-order chi connectivity index (χ1) is 4.75. The van der Waals surface area contributed by atoms with E-state index < -0.39 is 6.29 Å². The fourth-order valence-electron chi connectivity index (χ4n) is 0.586. The van der Waals surface area contributed by atoms with Crippen LogP contribution in [0.4, 0.5) is 0 Å². The van der Waals surface area contributed by atoms with E-state index in [0.29, 0.717) is 0 Å². The van der Waals surface area contributed by atoms with Gasteiger partial charge in [-0.25, -0.2) is 0 Å². The molecular formula is C6H6N2O2. The van der Waals surface area contributed by atoms with Gasteiger partial charge in [-0.15, -0.1) is 0 Å². The molecular weight excluding hydrogens is 132 g/mol. The summed E-state index contributed by atoms with van der Waals surface area (Å²) in [5, 5.41) is 17.2. The number of hydrogen-bond acceptors (Lipinski definition) is 4. The van der Waals surface area contributed by atoms with E-state index in [1.807, 2.05) is 6.07 Å². The SMILES string of the molecule is N#CC1=C(N)C(O)OC=C1. The van der Waals surface area contributed by atoms with Gasteiger partial charge >= 0.3 is 0 Å². The van der Waals surface area contributed by atoms with Gasteiger partial charge in [0.2, 0.25) is 6.29 Å². The second-order valence-electron chi connectivity index (χ2n) is 1.77. The van der Waals surface area contributed by atoms with Crippen molar-refractivity contribution >= 4 is 0 Å². The van der Waals surface area contributed by atoms with Gasteiger partial charge in [-0.1, -0.05) is 0 Å². The first kappa shape index (κ1) is 6.65. The molecule has 10 heavy (non-hydrogen) atoms. The maximum Gasteiger partial charge on any atom is 0.239 e. The number of aliphatic hydroxyl groups is 1. The van der Waals surface area contributed by atoms with Gasteiger partial charge in [0.1, 0.15) is 6.07 Å². The molecule has 1 aliphatic heterocycles. The van der Waals surface area contributed by atoms with E-state index in [0.717, 1.165) is 0 Å². The van der Waals surface area contributed by atoms with Crippen LogP contribution in [-0.2, 0) is 4.74 Å². The van der Waals surface area contributed by atoms with Crippen LogP contribution >= 0.6 is 0 Å². The molecule has 0 aromatic rings. The molecule has 0 radical (unpaired) electrons. The minimum absolute atomic E-state index is 0.0602. The molecule has 1 heterocycles. The summed E-state index contributed by atoms with van der Waals surface area (Å²) < 4.78 is 4.56. The lowest BCUT2D eigenvalue weighted by Gasteiger charge is -2.14. The Bertz CT molecular complexity index is 237. The van der Waals surface area contributed by atoms with Gasteiger partial charge in [-0.2, -0.15) is 5.26 Å². The predicted octanol–water partition coefficient (Wildman–Crippen LogP) is -0.415. The third kappa shape index (κ3) is 0.946. The average Bonchev–Trinajstić information content (AvgIpc) is 1.95. The second-order valence-corrected chi connectivity index (χ2v) is 1.77. The van der Waals surface area contributed by atoms with Crippen molar-refractivity contribution < 1.29 is 9.84 Å². The fraction of sp³-hybridized carbons (Fsp3) is 0.167. The van der Waals surface area contributed by atoms with Gasteiger partial charge in [0, 0.05) is 0 Å². The summed E-state index contributed by atoms with van der Waals surface area (Å²) in [6, 6.07) is 1.81. The van der Waals surface area contributed by atoms with Gasteiger partial charge in [0.15, 0.2) is 0 Å². The molecule has 52 valence electrons. The number of allylic oxidation sites excluding steroid dienone is 2. The largest absolute Gasteiger partial charge is 0.467 e. The minimum Gasteiger partial charge on any atom is -0.467 e. The summed E-state index contributed by atoms with van der Waals surface area (Å²) in [4.78, 5) is 0. The Balaban J connectivity index is 2.96. The summed E-state index contributed by atoms with van der Waals surface area (Å²) in [7, 11) is 0. The Labute approximate surface area is 57.8 Å². The number of ether oxygens (including phenoxy) is 1. The standard InChI is InChI=1S/C6H6N2O2/c7-3-4-1-2-10-6(9)5(4)8/h1-2,6,9H,8H2. The molecule has 0 bridgehead atoms. The highest BCUT2D eigenvalue weighted by molar-refractivity contribution is 5.38. The molecule has 1 rings (SSSR count). The Morgan fingerprint density at radius 3 is 3.00 bits per heavy atom. The number of aliphatic hydroxyl groups excluding tert-OH is 1. The quantitative estimate of drug-likeness (QED) is 0.476. The van der Waals surface area contributed by atoms with Crippen LogP contribution in [0.2, 0.25) is 0 Å². The molecule has 4 heteroatoms. The van der Waals surface area contributed by atoms with Crippen molar-refractivity contribution in [2.24, 2.45) is 5.73 Å². The summed E-state index contributed by atoms with van der Waals surface area (Å²) in [5.74, 6) is 0. The lowest BCUT2D eigenvalue weighted by atomic mass is 10.2. The van der Waals surface area contributed by atoms with E-state index in [1.54, 1.807) is 0 Å². The molecule has 1 unspecified atom stereocenters. The van der Waals surface area contributed by atoms with Gasteiger partial charge < -0.3 is 15.6 Å². The normalized spacial score (nSPS) is 23.8. The van der Waals surface area contributed by atoms with E-state index in [2.05, 4.69) is 4.74 Å². The van der Waals surface area contributed by atoms with Crippen molar-refractivity contribution in [3.05, 3.63) is 23.6 Å². The van der Waals surface area contributed by atoms with Crippen LogP contribution in [0.25, 0.3) is 0 Å². The second kappa shape index (κ2) is 2.42. The number of nitrogens with zero attached hydrogens (tertiary/aromatic N) is 1. The van der Waals surface area contributed by atoms with Crippen molar-refractivity contribution in [1.82, 2.24) is 0 Å². The lowest BCUT2D eigenvalue weighted by Crippen LogP contribution is -2.22. The third-order valence-electron chi connectivity index (χ3n) is 1.14. The highest BCUT2D eigenvalue weighted by Gasteiger charge is 2.14. The van der Waals surface area contributed by atoms with Crippen LogP contribution in [0.3, 0.4) is 0 Å². The van der Waals surface area contributed by atoms with Gasteiger partial charge in [-0.05, 0) is 6.08 Å². The van der Waals surface area contributed by atoms with E-state index in [9.17, 15) is 0 Å². The number of hydrogen-bond donors (Lipinski definition) is 2. The fourth-order valence-corrected chi connectivity index (χ4v) is 0.586. The summed E-state index contributed by atoms with van der Waals surface area (Å²) >= 11 is 0. The molecule has 0 spiro atoms. The Morgan fingerprint density at radius 1 is 1.80 bits per heavy atom. The minimum atomic E-state index is -1.17. The van der Waals surface area contributed by atoms with Crippen molar-refractivity contribution in [2.75, 3.05) is 0 Å². The van der Waals surface area contributed by atoms with E-state index in [4.69, 9.17) is 16.1 Å². The zero-order valence-electron chi connectivity index (χ0n) is 5.11. The van der Waals surface area contributed by atoms with Crippen LogP contribution < -0.4 is 5.73 Å². The molecule has 0 saturated heterocycles. The summed E-state index contributed by atoms with van der Waals surface area (Å²) in [5.41, 5.74) is 5.57. The zero-order valence-corrected chi connectivity index (χ0v) is 5.11. The van der Waals surface area contributed by atoms with Crippen molar-refractivity contribution in [3.8, 4) is 6.07 Å². The monoisotopic (exact) mass is 138 g/mol. The molecule has 0 fully saturated rings. The molecule has 1 aliphatic rings. The predicted molar refractivity (Wildman–Crippen MR) is 33.1 cm³/mol. The number of rotatable bonds is 0. The topological polar surface area (TPSA) is 79.3 Å². The molecule has 0 aliphatic carbocycles. The number of nitriles is 1. The molecule has 0 aromatic heterocycles. The highest BCUT2D eigenvalue weighted by Crippen LogP contribution is 2.11. The molecule has 0 amide bonds. The molecule has 0 aromatic carbocycles. The highest BCUT2D eigenvalue weighted by atomic mass is 16.6. The van der Waals surface area contributed by atoms with E-state index in [-0.39, 0.29) is 11.3 Å². The Hall–Kier alpha value is -1.47. The van der Waals surface area contributed by atoms with Crippen molar-refractivity contribution in [2.45, 2.75) is 6.29 Å². The van der Waals surface area contributed by atoms with Crippen molar-refractivity contribution in [3.63, 3.8) is 0 Å². The molecule has 0 saturated carbocycles. The lowest BCUT2D eigenvalue weighted by molar-refractivity contribution is -0.0247. The smallest absolute Gasteiger partial charge is 0.239 e. The van der Waals surface area contributed by atoms with E-state index >= 15 is 0 Å². The maximum atomic E-state index is 8.87.